The number of hydrogen-bond donors (Lipinski definition) is 5. The third-order valence-corrected chi connectivity index (χ3v) is 13.2. The predicted molar refractivity (Wildman–Crippen MR) is 307 cm³/mol. The van der Waals surface area contributed by atoms with Crippen molar-refractivity contribution < 1.29 is 84.4 Å². The molecule has 0 aliphatic carbocycles. The Morgan fingerprint density at radius 1 is 0.744 bits per heavy atom. The number of hydrogen-bond acceptors (Lipinski definition) is 13. The molecule has 0 fully saturated rings. The molecule has 21 nitrogen and oxygen atoms in total. The number of benzene rings is 3. The Hall–Kier alpha value is -7.91. The van der Waals surface area contributed by atoms with Crippen LogP contribution in [0.15, 0.2) is 97.2 Å². The van der Waals surface area contributed by atoms with E-state index in [1.165, 1.54) is 24.0 Å². The summed E-state index contributed by atoms with van der Waals surface area (Å²) in [6.45, 7) is 14.1. The molecule has 470 valence electrons. The van der Waals surface area contributed by atoms with Gasteiger partial charge in [-0.25, -0.2) is 13.6 Å². The van der Waals surface area contributed by atoms with Gasteiger partial charge in [0.1, 0.15) is 23.7 Å². The summed E-state index contributed by atoms with van der Waals surface area (Å²) in [7, 11) is 0. The van der Waals surface area contributed by atoms with E-state index >= 15 is 4.39 Å². The van der Waals surface area contributed by atoms with Crippen LogP contribution in [0.3, 0.4) is 0 Å². The number of carbonyl (C=O) groups is 8. The number of carboxylic acid groups (broad SMARTS) is 1. The minimum atomic E-state index is -5.08. The summed E-state index contributed by atoms with van der Waals surface area (Å²) in [6.07, 6.45) is -0.592. The van der Waals surface area contributed by atoms with Gasteiger partial charge in [0.05, 0.1) is 58.9 Å². The van der Waals surface area contributed by atoms with Gasteiger partial charge >= 0.3 is 12.1 Å². The lowest BCUT2D eigenvalue weighted by Gasteiger charge is -2.41. The first kappa shape index (κ1) is 70.6. The highest BCUT2D eigenvalue weighted by Gasteiger charge is 2.40. The molecule has 3 atom stereocenters. The number of nitrogens with one attached hydrogen (secondary N) is 2. The van der Waals surface area contributed by atoms with Crippen LogP contribution in [0.25, 0.3) is 11.1 Å². The number of halogens is 5. The number of carboxylic acids is 1. The molecule has 0 bridgehead atoms. The SMILES string of the molecule is CC(C)[C@H](NC(=O)CCOCCOCCOCCOCCNC(=O)CCN1C(=O)C=CC1=O)C(=O)N(c1ccc(C(=O)N(CCCN)[C@@H](c2cc(-c3cc(F)ccc3F)cn2Cc2ccccc2)C(C)(C)C)cc1)[C@@H](C)C(N)=O.O=C(O)C(F)(F)F. The summed E-state index contributed by atoms with van der Waals surface area (Å²) in [5.41, 5.74) is 13.9. The van der Waals surface area contributed by atoms with Crippen LogP contribution in [-0.4, -0.2) is 164 Å². The average Bonchev–Trinajstić information content (AvgIpc) is 3.74. The van der Waals surface area contributed by atoms with E-state index in [1.54, 1.807) is 55.3 Å². The molecule has 86 heavy (non-hydrogen) atoms. The Morgan fingerprint density at radius 2 is 1.31 bits per heavy atom. The van der Waals surface area contributed by atoms with Gasteiger partial charge in [-0.05, 0) is 85.3 Å². The van der Waals surface area contributed by atoms with Crippen LogP contribution in [0.5, 0.6) is 0 Å². The predicted octanol–water partition coefficient (Wildman–Crippen LogP) is 5.93. The second-order valence-corrected chi connectivity index (χ2v) is 21.2. The largest absolute Gasteiger partial charge is 0.490 e. The number of aliphatic carboxylic acids is 1. The smallest absolute Gasteiger partial charge is 0.475 e. The molecule has 0 unspecified atom stereocenters. The Kier molecular flexibility index (Phi) is 28.1. The summed E-state index contributed by atoms with van der Waals surface area (Å²) in [4.78, 5) is 103. The van der Waals surface area contributed by atoms with E-state index < -0.39 is 82.8 Å². The Bertz CT molecular complexity index is 2920. The van der Waals surface area contributed by atoms with Crippen LogP contribution < -0.4 is 27.0 Å². The van der Waals surface area contributed by atoms with E-state index in [4.69, 9.17) is 40.3 Å². The Labute approximate surface area is 496 Å². The van der Waals surface area contributed by atoms with Gasteiger partial charge in [-0.2, -0.15) is 13.2 Å². The second-order valence-electron chi connectivity index (χ2n) is 21.2. The van der Waals surface area contributed by atoms with Crippen molar-refractivity contribution in [3.8, 4) is 11.1 Å². The number of alkyl halides is 3. The topological polar surface area (TPSA) is 284 Å². The fourth-order valence-electron chi connectivity index (χ4n) is 8.87. The van der Waals surface area contributed by atoms with Crippen LogP contribution >= 0.6 is 0 Å². The number of ether oxygens (including phenoxy) is 4. The molecule has 1 aliphatic rings. The summed E-state index contributed by atoms with van der Waals surface area (Å²) in [5, 5.41) is 12.6. The van der Waals surface area contributed by atoms with Gasteiger partial charge in [0, 0.05) is 85.4 Å². The molecule has 5 rings (SSSR count). The van der Waals surface area contributed by atoms with Gasteiger partial charge in [-0.15, -0.1) is 0 Å². The maximum absolute atomic E-state index is 15.3. The van der Waals surface area contributed by atoms with Crippen molar-refractivity contribution >= 4 is 53.0 Å². The first-order chi connectivity index (χ1) is 40.7. The number of aromatic nitrogens is 1. The molecule has 0 saturated carbocycles. The zero-order chi connectivity index (χ0) is 63.7. The van der Waals surface area contributed by atoms with Crippen LogP contribution in [0.1, 0.15) is 88.5 Å². The van der Waals surface area contributed by atoms with Gasteiger partial charge in [0.2, 0.25) is 17.7 Å². The van der Waals surface area contributed by atoms with E-state index in [0.29, 0.717) is 44.0 Å². The molecule has 4 aromatic rings. The van der Waals surface area contributed by atoms with Crippen molar-refractivity contribution in [2.45, 2.75) is 91.7 Å². The van der Waals surface area contributed by atoms with Crippen LogP contribution in [-0.2, 0) is 59.1 Å². The summed E-state index contributed by atoms with van der Waals surface area (Å²) >= 11 is 0. The van der Waals surface area contributed by atoms with E-state index in [0.717, 1.165) is 28.7 Å². The van der Waals surface area contributed by atoms with E-state index in [1.807, 2.05) is 55.7 Å². The molecule has 0 radical (unpaired) electrons. The van der Waals surface area contributed by atoms with Gasteiger partial charge in [0.25, 0.3) is 23.6 Å². The molecule has 7 amide bonds. The minimum absolute atomic E-state index is 0.000895. The van der Waals surface area contributed by atoms with Gasteiger partial charge < -0.3 is 55.6 Å². The normalized spacial score (nSPS) is 13.4. The highest BCUT2D eigenvalue weighted by atomic mass is 19.4. The quantitative estimate of drug-likeness (QED) is 0.0210. The maximum Gasteiger partial charge on any atom is 0.490 e. The lowest BCUT2D eigenvalue weighted by atomic mass is 9.82. The first-order valence-electron chi connectivity index (χ1n) is 27.8. The van der Waals surface area contributed by atoms with Crippen molar-refractivity contribution in [2.24, 2.45) is 22.8 Å². The van der Waals surface area contributed by atoms with Crippen LogP contribution in [0.4, 0.5) is 27.6 Å². The standard InChI is InChI=1S/C58H76F2N8O11.C2HF3O2/c1-39(2)53(64-50(70)22-27-76-29-31-78-33-34-79-32-30-77-28-24-63-49(69)21-26-66-51(71)19-20-52(66)72)57(75)68(40(3)55(62)73)45-16-13-42(14-17-45)56(74)67(25-10-23-61)54(58(4,5)6)48-35-43(46-36-44(59)15-18-47(46)60)38-65(48)37-41-11-8-7-9-12-41;3-2(4,5)1(6)7/h7-9,11-20,35-36,38-40,53-54H,10,21-34,37,61H2,1-6H3,(H2,62,73)(H,63,69)(H,64,70);(H,6,7)/t40-,53-,54-;/m0./s1. The van der Waals surface area contributed by atoms with Crippen LogP contribution in [0.2, 0.25) is 0 Å². The molecule has 1 aromatic heterocycles. The molecule has 26 heteroatoms. The minimum Gasteiger partial charge on any atom is -0.475 e. The second kappa shape index (κ2) is 34.3. The summed E-state index contributed by atoms with van der Waals surface area (Å²) in [5.74, 6) is -7.74. The molecular formula is C60H77F5N8O13. The van der Waals surface area contributed by atoms with Crippen LogP contribution in [0, 0.1) is 23.0 Å². The lowest BCUT2D eigenvalue weighted by molar-refractivity contribution is -0.192. The summed E-state index contributed by atoms with van der Waals surface area (Å²) in [6, 6.07) is 18.2. The average molecular weight is 1210 g/mol. The van der Waals surface area contributed by atoms with Gasteiger partial charge in [-0.1, -0.05) is 65.0 Å². The Balaban J connectivity index is 0.00000212. The number of nitrogens with zero attached hydrogens (tertiary/aromatic N) is 4. The van der Waals surface area contributed by atoms with Crippen molar-refractivity contribution in [3.63, 3.8) is 0 Å². The van der Waals surface area contributed by atoms with E-state index in [2.05, 4.69) is 10.6 Å². The van der Waals surface area contributed by atoms with Crippen molar-refractivity contribution in [3.05, 3.63) is 126 Å². The molecular weight excluding hydrogens is 1140 g/mol. The zero-order valence-corrected chi connectivity index (χ0v) is 49.0. The highest BCUT2D eigenvalue weighted by molar-refractivity contribution is 6.13. The molecule has 2 heterocycles. The first-order valence-corrected chi connectivity index (χ1v) is 27.8. The summed E-state index contributed by atoms with van der Waals surface area (Å²) < 4.78 is 85.7. The maximum atomic E-state index is 15.3. The monoisotopic (exact) mass is 1210 g/mol. The number of nitrogens with two attached hydrogens (primary N) is 2. The fourth-order valence-corrected chi connectivity index (χ4v) is 8.87. The number of primary amides is 1. The molecule has 0 saturated heterocycles. The van der Waals surface area contributed by atoms with E-state index in [9.17, 15) is 51.1 Å². The third kappa shape index (κ3) is 22.2. The van der Waals surface area contributed by atoms with Crippen molar-refractivity contribution in [1.82, 2.24) is 25.0 Å². The zero-order valence-electron chi connectivity index (χ0n) is 49.0. The lowest BCUT2D eigenvalue weighted by Crippen LogP contribution is -2.56. The number of amides is 7. The number of imide groups is 1. The number of carbonyl (C=O) groups excluding carboxylic acids is 7. The number of anilines is 1. The fraction of sp³-hybridized carbons (Fsp3) is 0.467. The van der Waals surface area contributed by atoms with Gasteiger partial charge in [-0.3, -0.25) is 43.4 Å². The highest BCUT2D eigenvalue weighted by Crippen LogP contribution is 2.42. The third-order valence-electron chi connectivity index (χ3n) is 13.2. The molecule has 3 aromatic carbocycles. The van der Waals surface area contributed by atoms with E-state index in [-0.39, 0.29) is 101 Å². The van der Waals surface area contributed by atoms with Gasteiger partial charge in [0.15, 0.2) is 0 Å². The van der Waals surface area contributed by atoms with Crippen molar-refractivity contribution in [2.75, 3.05) is 83.9 Å². The molecule has 7 N–H and O–H groups in total. The number of rotatable bonds is 33. The Morgan fingerprint density at radius 3 is 1.85 bits per heavy atom. The molecule has 1 aliphatic heterocycles. The van der Waals surface area contributed by atoms with Crippen molar-refractivity contribution in [1.29, 1.82) is 0 Å². The molecule has 0 spiro atoms.